The maximum absolute atomic E-state index is 12.3. The predicted octanol–water partition coefficient (Wildman–Crippen LogP) is 3.08. The molecule has 104 valence electrons. The molecule has 0 aromatic heterocycles. The molecule has 0 radical (unpaired) electrons. The van der Waals surface area contributed by atoms with Crippen molar-refractivity contribution in [2.75, 3.05) is 31.7 Å². The van der Waals surface area contributed by atoms with Gasteiger partial charge in [-0.15, -0.1) is 0 Å². The molecule has 0 bridgehead atoms. The molecule has 1 aromatic rings. The summed E-state index contributed by atoms with van der Waals surface area (Å²) in [6, 6.07) is 5.97. The molecule has 1 saturated heterocycles. The molecule has 1 aliphatic rings. The molecule has 2 rings (SSSR count). The number of carbonyl (C=O) groups excluding carboxylic acids is 1. The third kappa shape index (κ3) is 3.74. The molecule has 0 spiro atoms. The first-order valence-corrected chi connectivity index (χ1v) is 8.25. The highest BCUT2D eigenvalue weighted by atomic mass is 79.9. The molecule has 1 unspecified atom stereocenters. The van der Waals surface area contributed by atoms with Crippen LogP contribution in [0.3, 0.4) is 0 Å². The Kier molecular flexibility index (Phi) is 5.30. The van der Waals surface area contributed by atoms with E-state index in [-0.39, 0.29) is 5.78 Å². The minimum absolute atomic E-state index is 0.169. The number of nitrogens with zero attached hydrogens (tertiary/aromatic N) is 1. The van der Waals surface area contributed by atoms with Crippen molar-refractivity contribution < 1.29 is 9.53 Å². The number of thioether (sulfide) groups is 1. The highest BCUT2D eigenvalue weighted by Crippen LogP contribution is 2.26. The SMILES string of the molecule is COc1ccc(C(=O)CN2CCSCC2C)cc1Br. The van der Waals surface area contributed by atoms with Crippen molar-refractivity contribution in [3.63, 3.8) is 0 Å². The van der Waals surface area contributed by atoms with Crippen molar-refractivity contribution >= 4 is 33.5 Å². The van der Waals surface area contributed by atoms with E-state index in [1.54, 1.807) is 7.11 Å². The Morgan fingerprint density at radius 2 is 2.37 bits per heavy atom. The van der Waals surface area contributed by atoms with E-state index >= 15 is 0 Å². The second kappa shape index (κ2) is 6.77. The summed E-state index contributed by atoms with van der Waals surface area (Å²) in [5.41, 5.74) is 0.734. The Hall–Kier alpha value is -0.520. The Labute approximate surface area is 126 Å². The van der Waals surface area contributed by atoms with Crippen LogP contribution in [0.25, 0.3) is 0 Å². The third-order valence-corrected chi connectivity index (χ3v) is 5.13. The van der Waals surface area contributed by atoms with Crippen LogP contribution in [0, 0.1) is 0 Å². The maximum Gasteiger partial charge on any atom is 0.176 e. The van der Waals surface area contributed by atoms with E-state index in [0.717, 1.165) is 33.8 Å². The molecular formula is C14H18BrNO2S. The Morgan fingerprint density at radius 3 is 3.00 bits per heavy atom. The number of ether oxygens (including phenoxy) is 1. The summed E-state index contributed by atoms with van der Waals surface area (Å²) in [4.78, 5) is 14.6. The van der Waals surface area contributed by atoms with E-state index in [1.807, 2.05) is 30.0 Å². The van der Waals surface area contributed by atoms with Crippen molar-refractivity contribution in [2.24, 2.45) is 0 Å². The van der Waals surface area contributed by atoms with Crippen molar-refractivity contribution in [1.29, 1.82) is 0 Å². The monoisotopic (exact) mass is 343 g/mol. The van der Waals surface area contributed by atoms with Gasteiger partial charge in [-0.25, -0.2) is 0 Å². The number of halogens is 1. The van der Waals surface area contributed by atoms with Crippen LogP contribution in [0.2, 0.25) is 0 Å². The van der Waals surface area contributed by atoms with Gasteiger partial charge in [0.1, 0.15) is 5.75 Å². The summed E-state index contributed by atoms with van der Waals surface area (Å²) in [7, 11) is 1.62. The van der Waals surface area contributed by atoms with Crippen LogP contribution in [0.1, 0.15) is 17.3 Å². The Bertz CT molecular complexity index is 467. The second-order valence-corrected chi connectivity index (χ2v) is 6.67. The number of hydrogen-bond donors (Lipinski definition) is 0. The van der Waals surface area contributed by atoms with Gasteiger partial charge in [0.15, 0.2) is 5.78 Å². The lowest BCUT2D eigenvalue weighted by atomic mass is 10.1. The van der Waals surface area contributed by atoms with Crippen molar-refractivity contribution in [3.05, 3.63) is 28.2 Å². The number of benzene rings is 1. The first-order valence-electron chi connectivity index (χ1n) is 6.30. The summed E-state index contributed by atoms with van der Waals surface area (Å²) in [6.45, 7) is 3.68. The van der Waals surface area contributed by atoms with Gasteiger partial charge in [0, 0.05) is 29.7 Å². The molecular weight excluding hydrogens is 326 g/mol. The van der Waals surface area contributed by atoms with E-state index in [2.05, 4.69) is 27.8 Å². The first kappa shape index (κ1) is 14.9. The van der Waals surface area contributed by atoms with Crippen molar-refractivity contribution in [2.45, 2.75) is 13.0 Å². The zero-order valence-electron chi connectivity index (χ0n) is 11.2. The van der Waals surface area contributed by atoms with Gasteiger partial charge in [0.2, 0.25) is 0 Å². The first-order chi connectivity index (χ1) is 9.11. The van der Waals surface area contributed by atoms with Gasteiger partial charge in [-0.3, -0.25) is 9.69 Å². The van der Waals surface area contributed by atoms with E-state index in [1.165, 1.54) is 0 Å². The summed E-state index contributed by atoms with van der Waals surface area (Å²) in [5.74, 6) is 3.14. The third-order valence-electron chi connectivity index (χ3n) is 3.33. The summed E-state index contributed by atoms with van der Waals surface area (Å²) < 4.78 is 6.00. The lowest BCUT2D eigenvalue weighted by molar-refractivity contribution is 0.0911. The topological polar surface area (TPSA) is 29.5 Å². The quantitative estimate of drug-likeness (QED) is 0.785. The lowest BCUT2D eigenvalue weighted by Crippen LogP contribution is -2.43. The Balaban J connectivity index is 2.05. The zero-order valence-corrected chi connectivity index (χ0v) is 13.6. The molecule has 1 atom stereocenters. The summed E-state index contributed by atoms with van der Waals surface area (Å²) >= 11 is 5.38. The normalized spacial score (nSPS) is 20.3. The molecule has 19 heavy (non-hydrogen) atoms. The van der Waals surface area contributed by atoms with Gasteiger partial charge < -0.3 is 4.74 Å². The van der Waals surface area contributed by atoms with E-state index in [0.29, 0.717) is 12.6 Å². The molecule has 0 aliphatic carbocycles. The minimum atomic E-state index is 0.169. The van der Waals surface area contributed by atoms with Gasteiger partial charge in [0.25, 0.3) is 0 Å². The van der Waals surface area contributed by atoms with Crippen molar-refractivity contribution in [3.8, 4) is 5.75 Å². The zero-order chi connectivity index (χ0) is 13.8. The minimum Gasteiger partial charge on any atom is -0.496 e. The van der Waals surface area contributed by atoms with Crippen LogP contribution in [-0.4, -0.2) is 48.4 Å². The molecule has 3 nitrogen and oxygen atoms in total. The van der Waals surface area contributed by atoms with Crippen LogP contribution in [0.4, 0.5) is 0 Å². The second-order valence-electron chi connectivity index (χ2n) is 4.67. The highest BCUT2D eigenvalue weighted by molar-refractivity contribution is 9.10. The van der Waals surface area contributed by atoms with E-state index in [4.69, 9.17) is 4.74 Å². The van der Waals surface area contributed by atoms with Crippen LogP contribution >= 0.6 is 27.7 Å². The average molecular weight is 344 g/mol. The smallest absolute Gasteiger partial charge is 0.176 e. The van der Waals surface area contributed by atoms with Crippen LogP contribution in [0.15, 0.2) is 22.7 Å². The largest absolute Gasteiger partial charge is 0.496 e. The number of ketones is 1. The molecule has 5 heteroatoms. The molecule has 0 saturated carbocycles. The van der Waals surface area contributed by atoms with Crippen molar-refractivity contribution in [1.82, 2.24) is 4.90 Å². The summed E-state index contributed by atoms with van der Waals surface area (Å²) in [5, 5.41) is 0. The molecule has 1 fully saturated rings. The van der Waals surface area contributed by atoms with Gasteiger partial charge >= 0.3 is 0 Å². The number of Topliss-reactive ketones (excluding diaryl/α,β-unsaturated/α-hetero) is 1. The fourth-order valence-corrected chi connectivity index (χ4v) is 3.73. The fraction of sp³-hybridized carbons (Fsp3) is 0.500. The molecule has 0 N–H and O–H groups in total. The average Bonchev–Trinajstić information content (AvgIpc) is 2.41. The number of carbonyl (C=O) groups is 1. The standard InChI is InChI=1S/C14H18BrNO2S/c1-10-9-19-6-5-16(10)8-13(17)11-3-4-14(18-2)12(15)7-11/h3-4,7,10H,5-6,8-9H2,1-2H3. The van der Waals surface area contributed by atoms with Gasteiger partial charge in [-0.2, -0.15) is 11.8 Å². The van der Waals surface area contributed by atoms with E-state index < -0.39 is 0 Å². The van der Waals surface area contributed by atoms with Crippen LogP contribution in [0.5, 0.6) is 5.75 Å². The predicted molar refractivity (Wildman–Crippen MR) is 83.4 cm³/mol. The maximum atomic E-state index is 12.3. The molecule has 1 aromatic carbocycles. The van der Waals surface area contributed by atoms with Crippen LogP contribution in [-0.2, 0) is 0 Å². The molecule has 1 aliphatic heterocycles. The number of hydrogen-bond acceptors (Lipinski definition) is 4. The van der Waals surface area contributed by atoms with Gasteiger partial charge in [-0.05, 0) is 41.1 Å². The molecule has 0 amide bonds. The lowest BCUT2D eigenvalue weighted by Gasteiger charge is -2.32. The highest BCUT2D eigenvalue weighted by Gasteiger charge is 2.21. The number of methoxy groups -OCH3 is 1. The fourth-order valence-electron chi connectivity index (χ4n) is 2.11. The van der Waals surface area contributed by atoms with E-state index in [9.17, 15) is 4.79 Å². The number of rotatable bonds is 4. The molecule has 1 heterocycles. The van der Waals surface area contributed by atoms with Gasteiger partial charge in [0.05, 0.1) is 18.1 Å². The van der Waals surface area contributed by atoms with Gasteiger partial charge in [-0.1, -0.05) is 0 Å². The summed E-state index contributed by atoms with van der Waals surface area (Å²) in [6.07, 6.45) is 0. The Morgan fingerprint density at radius 1 is 1.58 bits per heavy atom. The van der Waals surface area contributed by atoms with Crippen LogP contribution < -0.4 is 4.74 Å².